The maximum absolute atomic E-state index is 14.2. The van der Waals surface area contributed by atoms with Gasteiger partial charge >= 0.3 is 0 Å². The molecule has 3 rings (SSSR count). The summed E-state index contributed by atoms with van der Waals surface area (Å²) in [5.41, 5.74) is 7.28. The summed E-state index contributed by atoms with van der Waals surface area (Å²) in [5, 5.41) is 14.9. The highest BCUT2D eigenvalue weighted by Crippen LogP contribution is 2.44. The van der Waals surface area contributed by atoms with E-state index in [2.05, 4.69) is 17.4 Å². The number of nitrogens with one attached hydrogen (secondary N) is 1. The molecule has 0 spiro atoms. The molecule has 0 aliphatic heterocycles. The van der Waals surface area contributed by atoms with E-state index in [1.165, 1.54) is 17.7 Å². The summed E-state index contributed by atoms with van der Waals surface area (Å²) in [6.45, 7) is 7.72. The molecule has 0 saturated heterocycles. The first kappa shape index (κ1) is 33.1. The Labute approximate surface area is 248 Å². The lowest BCUT2D eigenvalue weighted by atomic mass is 9.63. The van der Waals surface area contributed by atoms with Gasteiger partial charge in [0.05, 0.1) is 11.5 Å². The Balaban J connectivity index is 1.89. The van der Waals surface area contributed by atoms with Crippen molar-refractivity contribution in [2.75, 3.05) is 26.2 Å². The van der Waals surface area contributed by atoms with Gasteiger partial charge in [-0.05, 0) is 75.3 Å². The summed E-state index contributed by atoms with van der Waals surface area (Å²) in [7, 11) is 0. The minimum absolute atomic E-state index is 0.00400. The first-order chi connectivity index (χ1) is 20.1. The van der Waals surface area contributed by atoms with Gasteiger partial charge in [0.2, 0.25) is 11.8 Å². The minimum atomic E-state index is -1.44. The molecule has 4 N–H and O–H groups in total. The molecule has 0 aromatic heterocycles. The molecule has 42 heavy (non-hydrogen) atoms. The fraction of sp³-hybridized carbons (Fsp3) is 0.471. The molecule has 0 radical (unpaired) electrons. The molecule has 2 aromatic rings. The van der Waals surface area contributed by atoms with Gasteiger partial charge in [0.25, 0.3) is 0 Å². The summed E-state index contributed by atoms with van der Waals surface area (Å²) in [6, 6.07) is 13.3. The van der Waals surface area contributed by atoms with E-state index in [0.717, 1.165) is 31.7 Å². The highest BCUT2D eigenvalue weighted by atomic mass is 19.1. The normalized spacial score (nSPS) is 18.1. The molecule has 6 nitrogen and oxygen atoms in total. The monoisotopic (exact) mass is 581 g/mol. The smallest absolute Gasteiger partial charge is 0.249 e. The first-order valence-electron chi connectivity index (χ1n) is 15.0. The quantitative estimate of drug-likeness (QED) is 0.240. The van der Waals surface area contributed by atoms with Crippen molar-refractivity contribution in [1.29, 1.82) is 0 Å². The van der Waals surface area contributed by atoms with Crippen molar-refractivity contribution in [3.05, 3.63) is 94.6 Å². The largest absolute Gasteiger partial charge is 0.391 e. The number of aliphatic hydroxyl groups is 1. The Hall–Kier alpha value is -3.36. The van der Waals surface area contributed by atoms with Gasteiger partial charge in [-0.25, -0.2) is 8.78 Å². The zero-order chi connectivity index (χ0) is 30.7. The summed E-state index contributed by atoms with van der Waals surface area (Å²) < 4.78 is 28.4. The molecule has 0 saturated carbocycles. The third-order valence-corrected chi connectivity index (χ3v) is 7.90. The van der Waals surface area contributed by atoms with Gasteiger partial charge in [-0.3, -0.25) is 9.59 Å². The van der Waals surface area contributed by atoms with Gasteiger partial charge in [0.15, 0.2) is 0 Å². The van der Waals surface area contributed by atoms with Crippen LogP contribution in [0.4, 0.5) is 8.78 Å². The van der Waals surface area contributed by atoms with Crippen molar-refractivity contribution in [1.82, 2.24) is 10.2 Å². The standard InChI is InChI=1S/C34H45F2N3O3/c1-4-14-39(15-5-2)32(41)27-16-24(3)21-34(22-27,33(37)42)30(19-26-17-28(35)20-29(36)18-26)31(40)23-38-13-9-12-25-10-7-6-8-11-25/h6-8,10-11,16-18,20-21,30-31,38,40H,4-5,9,12-15,19,22-23H2,1-3H3,(H2,37,42)/t30-,31+,34?/m1/s1. The maximum atomic E-state index is 14.2. The van der Waals surface area contributed by atoms with E-state index < -0.39 is 35.0 Å². The van der Waals surface area contributed by atoms with Crippen LogP contribution in [0.15, 0.2) is 71.8 Å². The summed E-state index contributed by atoms with van der Waals surface area (Å²) in [4.78, 5) is 28.8. The van der Waals surface area contributed by atoms with E-state index in [0.29, 0.717) is 36.3 Å². The number of halogens is 2. The lowest BCUT2D eigenvalue weighted by Gasteiger charge is -2.42. The number of carbonyl (C=O) groups excluding carboxylic acids is 2. The van der Waals surface area contributed by atoms with E-state index in [1.807, 2.05) is 32.0 Å². The lowest BCUT2D eigenvalue weighted by Crippen LogP contribution is -2.52. The van der Waals surface area contributed by atoms with Crippen LogP contribution in [-0.4, -0.2) is 54.1 Å². The van der Waals surface area contributed by atoms with E-state index in [4.69, 9.17) is 5.73 Å². The molecule has 0 bridgehead atoms. The van der Waals surface area contributed by atoms with Crippen molar-refractivity contribution in [3.8, 4) is 0 Å². The number of allylic oxidation sites excluding steroid dienone is 2. The number of benzene rings is 2. The van der Waals surface area contributed by atoms with Crippen LogP contribution in [0.1, 0.15) is 57.6 Å². The number of rotatable bonds is 16. The molecule has 0 heterocycles. The second kappa shape index (κ2) is 15.8. The number of aliphatic hydroxyl groups excluding tert-OH is 1. The highest BCUT2D eigenvalue weighted by molar-refractivity contribution is 5.96. The molecule has 0 fully saturated rings. The Morgan fingerprint density at radius 1 is 1.05 bits per heavy atom. The van der Waals surface area contributed by atoms with E-state index >= 15 is 0 Å². The van der Waals surface area contributed by atoms with Gasteiger partial charge in [0, 0.05) is 37.2 Å². The number of hydrogen-bond donors (Lipinski definition) is 3. The van der Waals surface area contributed by atoms with Crippen molar-refractivity contribution < 1.29 is 23.5 Å². The number of carbonyl (C=O) groups is 2. The van der Waals surface area contributed by atoms with Crippen LogP contribution in [0, 0.1) is 23.0 Å². The van der Waals surface area contributed by atoms with Crippen molar-refractivity contribution in [2.45, 2.75) is 65.4 Å². The number of amides is 2. The molecular formula is C34H45F2N3O3. The molecule has 1 aliphatic carbocycles. The number of aryl methyl sites for hydroxylation is 1. The molecule has 228 valence electrons. The molecular weight excluding hydrogens is 536 g/mol. The SMILES string of the molecule is CCCN(CCC)C(=O)C1=CC(C)=CC(C(N)=O)([C@H](Cc2cc(F)cc(F)c2)[C@@H](O)CNCCCc2ccccc2)C1. The molecule has 2 aromatic carbocycles. The second-order valence-corrected chi connectivity index (χ2v) is 11.4. The maximum Gasteiger partial charge on any atom is 0.249 e. The number of hydrogen-bond acceptors (Lipinski definition) is 4. The molecule has 1 aliphatic rings. The van der Waals surface area contributed by atoms with Crippen molar-refractivity contribution in [2.24, 2.45) is 17.1 Å². The fourth-order valence-electron chi connectivity index (χ4n) is 6.01. The average molecular weight is 582 g/mol. The number of nitrogens with two attached hydrogens (primary N) is 1. The average Bonchev–Trinajstić information content (AvgIpc) is 2.94. The Morgan fingerprint density at radius 3 is 2.29 bits per heavy atom. The lowest BCUT2D eigenvalue weighted by molar-refractivity contribution is -0.132. The summed E-state index contributed by atoms with van der Waals surface area (Å²) in [5.74, 6) is -3.20. The zero-order valence-corrected chi connectivity index (χ0v) is 25.0. The van der Waals surface area contributed by atoms with Gasteiger partial charge in [-0.2, -0.15) is 0 Å². The van der Waals surface area contributed by atoms with Gasteiger partial charge in [0.1, 0.15) is 11.6 Å². The fourth-order valence-corrected chi connectivity index (χ4v) is 6.01. The van der Waals surface area contributed by atoms with Crippen molar-refractivity contribution >= 4 is 11.8 Å². The third kappa shape index (κ3) is 8.82. The molecule has 8 heteroatoms. The van der Waals surface area contributed by atoms with Crippen LogP contribution in [0.25, 0.3) is 0 Å². The van der Waals surface area contributed by atoms with Crippen LogP contribution in [0.3, 0.4) is 0 Å². The molecule has 3 atom stereocenters. The predicted octanol–water partition coefficient (Wildman–Crippen LogP) is 5.10. The Kier molecular flexibility index (Phi) is 12.4. The number of primary amides is 1. The van der Waals surface area contributed by atoms with Gasteiger partial charge < -0.3 is 21.1 Å². The highest BCUT2D eigenvalue weighted by Gasteiger charge is 2.48. The predicted molar refractivity (Wildman–Crippen MR) is 162 cm³/mol. The van der Waals surface area contributed by atoms with E-state index in [-0.39, 0.29) is 25.3 Å². The van der Waals surface area contributed by atoms with Gasteiger partial charge in [-0.15, -0.1) is 0 Å². The van der Waals surface area contributed by atoms with Crippen molar-refractivity contribution in [3.63, 3.8) is 0 Å². The summed E-state index contributed by atoms with van der Waals surface area (Å²) in [6.07, 6.45) is 5.66. The van der Waals surface area contributed by atoms with E-state index in [9.17, 15) is 23.5 Å². The van der Waals surface area contributed by atoms with Gasteiger partial charge in [-0.1, -0.05) is 61.9 Å². The minimum Gasteiger partial charge on any atom is -0.391 e. The Morgan fingerprint density at radius 2 is 1.69 bits per heavy atom. The second-order valence-electron chi connectivity index (χ2n) is 11.4. The van der Waals surface area contributed by atoms with Crippen LogP contribution < -0.4 is 11.1 Å². The topological polar surface area (TPSA) is 95.7 Å². The third-order valence-electron chi connectivity index (χ3n) is 7.90. The molecule has 2 amide bonds. The van der Waals surface area contributed by atoms with E-state index in [1.54, 1.807) is 24.0 Å². The zero-order valence-electron chi connectivity index (χ0n) is 25.0. The molecule has 1 unspecified atom stereocenters. The van der Waals surface area contributed by atoms with Crippen LogP contribution in [0.2, 0.25) is 0 Å². The van der Waals surface area contributed by atoms with Crippen LogP contribution in [0.5, 0.6) is 0 Å². The van der Waals surface area contributed by atoms with Crippen LogP contribution >= 0.6 is 0 Å². The van der Waals surface area contributed by atoms with Crippen LogP contribution in [-0.2, 0) is 22.4 Å². The Bertz CT molecular complexity index is 1240. The summed E-state index contributed by atoms with van der Waals surface area (Å²) >= 11 is 0. The first-order valence-corrected chi connectivity index (χ1v) is 15.0. The number of nitrogens with zero attached hydrogens (tertiary/aromatic N) is 1.